The van der Waals surface area contributed by atoms with E-state index >= 15 is 0 Å². The number of carboxylic acid groups (broad SMARTS) is 1. The molecule has 0 saturated heterocycles. The molecule has 1 aromatic carbocycles. The Kier molecular flexibility index (Phi) is 6.13. The van der Waals surface area contributed by atoms with Crippen molar-refractivity contribution in [1.82, 2.24) is 5.32 Å². The van der Waals surface area contributed by atoms with Crippen molar-refractivity contribution in [3.63, 3.8) is 0 Å². The van der Waals surface area contributed by atoms with Gasteiger partial charge in [-0.1, -0.05) is 29.8 Å². The van der Waals surface area contributed by atoms with Crippen LogP contribution in [-0.4, -0.2) is 23.0 Å². The minimum atomic E-state index is -1.06. The van der Waals surface area contributed by atoms with E-state index in [1.165, 1.54) is 12.1 Å². The van der Waals surface area contributed by atoms with Crippen molar-refractivity contribution < 1.29 is 19.1 Å². The molecular weight excluding hydrogens is 329 g/mol. The Morgan fingerprint density at radius 1 is 1.40 bits per heavy atom. The van der Waals surface area contributed by atoms with Gasteiger partial charge in [-0.25, -0.2) is 9.18 Å². The van der Waals surface area contributed by atoms with Crippen molar-refractivity contribution in [3.05, 3.63) is 34.1 Å². The fourth-order valence-corrected chi connectivity index (χ4v) is 2.19. The molecular formula is C14H17BrFNO3. The van der Waals surface area contributed by atoms with E-state index in [1.54, 1.807) is 19.9 Å². The number of carbonyl (C=O) groups excluding carboxylic acids is 1. The SMILES string of the molecule is CC(C)[C@H](NC(=O)CCc1cc(F)ccc1Br)C(=O)O. The van der Waals surface area contributed by atoms with Gasteiger partial charge < -0.3 is 10.4 Å². The second-order valence-electron chi connectivity index (χ2n) is 4.86. The van der Waals surface area contributed by atoms with E-state index in [1.807, 2.05) is 0 Å². The number of halogens is 2. The fraction of sp³-hybridized carbons (Fsp3) is 0.429. The molecule has 0 aliphatic heterocycles. The van der Waals surface area contributed by atoms with Gasteiger partial charge in [0.05, 0.1) is 0 Å². The molecule has 0 heterocycles. The molecule has 1 amide bonds. The summed E-state index contributed by atoms with van der Waals surface area (Å²) in [5.41, 5.74) is 0.677. The largest absolute Gasteiger partial charge is 0.480 e. The topological polar surface area (TPSA) is 66.4 Å². The van der Waals surface area contributed by atoms with Crippen LogP contribution in [0.4, 0.5) is 4.39 Å². The first-order valence-corrected chi connectivity index (χ1v) is 7.06. The molecule has 0 radical (unpaired) electrons. The molecule has 0 aliphatic carbocycles. The molecule has 6 heteroatoms. The minimum Gasteiger partial charge on any atom is -0.480 e. The van der Waals surface area contributed by atoms with Gasteiger partial charge in [-0.15, -0.1) is 0 Å². The molecule has 0 fully saturated rings. The van der Waals surface area contributed by atoms with E-state index in [0.717, 1.165) is 4.47 Å². The predicted octanol–water partition coefficient (Wildman–Crippen LogP) is 2.75. The zero-order valence-electron chi connectivity index (χ0n) is 11.3. The van der Waals surface area contributed by atoms with Crippen LogP contribution >= 0.6 is 15.9 Å². The normalized spacial score (nSPS) is 12.2. The molecule has 2 N–H and O–H groups in total. The summed E-state index contributed by atoms with van der Waals surface area (Å²) in [6, 6.07) is 3.36. The van der Waals surface area contributed by atoms with Crippen LogP contribution in [0.2, 0.25) is 0 Å². The summed E-state index contributed by atoms with van der Waals surface area (Å²) in [7, 11) is 0. The lowest BCUT2D eigenvalue weighted by atomic mass is 10.0. The quantitative estimate of drug-likeness (QED) is 0.832. The van der Waals surface area contributed by atoms with Crippen LogP contribution in [0.5, 0.6) is 0 Å². The summed E-state index contributed by atoms with van der Waals surface area (Å²) in [5, 5.41) is 11.5. The smallest absolute Gasteiger partial charge is 0.326 e. The Balaban J connectivity index is 2.59. The maximum Gasteiger partial charge on any atom is 0.326 e. The van der Waals surface area contributed by atoms with Gasteiger partial charge in [0, 0.05) is 10.9 Å². The van der Waals surface area contributed by atoms with E-state index < -0.39 is 12.0 Å². The van der Waals surface area contributed by atoms with Crippen molar-refractivity contribution >= 4 is 27.8 Å². The molecule has 110 valence electrons. The highest BCUT2D eigenvalue weighted by Crippen LogP contribution is 2.19. The van der Waals surface area contributed by atoms with E-state index in [4.69, 9.17) is 5.11 Å². The van der Waals surface area contributed by atoms with E-state index in [2.05, 4.69) is 21.2 Å². The van der Waals surface area contributed by atoms with E-state index in [-0.39, 0.29) is 24.1 Å². The molecule has 0 unspecified atom stereocenters. The first-order chi connectivity index (χ1) is 9.31. The first-order valence-electron chi connectivity index (χ1n) is 6.27. The Morgan fingerprint density at radius 3 is 2.60 bits per heavy atom. The molecule has 1 aromatic rings. The molecule has 0 aliphatic rings. The van der Waals surface area contributed by atoms with Crippen LogP contribution in [0, 0.1) is 11.7 Å². The van der Waals surface area contributed by atoms with Gasteiger partial charge in [-0.3, -0.25) is 4.79 Å². The minimum absolute atomic E-state index is 0.110. The third-order valence-corrected chi connectivity index (χ3v) is 3.65. The molecule has 0 saturated carbocycles. The number of nitrogens with one attached hydrogen (secondary N) is 1. The van der Waals surface area contributed by atoms with Crippen molar-refractivity contribution in [2.75, 3.05) is 0 Å². The van der Waals surface area contributed by atoms with Crippen LogP contribution in [0.25, 0.3) is 0 Å². The lowest BCUT2D eigenvalue weighted by molar-refractivity contribution is -0.143. The summed E-state index contributed by atoms with van der Waals surface area (Å²) in [6.45, 7) is 3.45. The Morgan fingerprint density at radius 2 is 2.05 bits per heavy atom. The van der Waals surface area contributed by atoms with E-state index in [9.17, 15) is 14.0 Å². The molecule has 4 nitrogen and oxygen atoms in total. The fourth-order valence-electron chi connectivity index (χ4n) is 1.74. The van der Waals surface area contributed by atoms with Gasteiger partial charge in [0.2, 0.25) is 5.91 Å². The molecule has 1 rings (SSSR count). The number of carbonyl (C=O) groups is 2. The van der Waals surface area contributed by atoms with Crippen LogP contribution in [0.1, 0.15) is 25.8 Å². The Bertz CT molecular complexity index is 505. The summed E-state index contributed by atoms with van der Waals surface area (Å²) in [5.74, 6) is -1.98. The number of aryl methyl sites for hydroxylation is 1. The maximum atomic E-state index is 13.1. The number of benzene rings is 1. The van der Waals surface area contributed by atoms with Crippen molar-refractivity contribution in [2.24, 2.45) is 5.92 Å². The number of carboxylic acids is 1. The zero-order valence-corrected chi connectivity index (χ0v) is 12.9. The highest BCUT2D eigenvalue weighted by molar-refractivity contribution is 9.10. The van der Waals surface area contributed by atoms with Crippen molar-refractivity contribution in [3.8, 4) is 0 Å². The summed E-state index contributed by atoms with van der Waals surface area (Å²) < 4.78 is 13.8. The molecule has 1 atom stereocenters. The van der Waals surface area contributed by atoms with Crippen molar-refractivity contribution in [2.45, 2.75) is 32.7 Å². The van der Waals surface area contributed by atoms with Gasteiger partial charge in [0.25, 0.3) is 0 Å². The lowest BCUT2D eigenvalue weighted by Crippen LogP contribution is -2.44. The van der Waals surface area contributed by atoms with E-state index in [0.29, 0.717) is 12.0 Å². The zero-order chi connectivity index (χ0) is 15.3. The average Bonchev–Trinajstić information content (AvgIpc) is 2.36. The number of amides is 1. The van der Waals surface area contributed by atoms with Crippen molar-refractivity contribution in [1.29, 1.82) is 0 Å². The molecule has 0 aromatic heterocycles. The van der Waals surface area contributed by atoms with Gasteiger partial charge in [0.1, 0.15) is 11.9 Å². The second kappa shape index (κ2) is 7.38. The third-order valence-electron chi connectivity index (χ3n) is 2.88. The average molecular weight is 346 g/mol. The van der Waals surface area contributed by atoms with Crippen LogP contribution in [-0.2, 0) is 16.0 Å². The van der Waals surface area contributed by atoms with Crippen LogP contribution in [0.15, 0.2) is 22.7 Å². The van der Waals surface area contributed by atoms with Crippen LogP contribution < -0.4 is 5.32 Å². The van der Waals surface area contributed by atoms with Gasteiger partial charge in [-0.2, -0.15) is 0 Å². The Labute approximate surface area is 125 Å². The standard InChI is InChI=1S/C14H17BrFNO3/c1-8(2)13(14(19)20)17-12(18)6-3-9-7-10(16)4-5-11(9)15/h4-5,7-8,13H,3,6H2,1-2H3,(H,17,18)(H,19,20)/t13-/m0/s1. The second-order valence-corrected chi connectivity index (χ2v) is 5.72. The predicted molar refractivity (Wildman–Crippen MR) is 76.8 cm³/mol. The molecule has 20 heavy (non-hydrogen) atoms. The summed E-state index contributed by atoms with van der Waals surface area (Å²) in [4.78, 5) is 22.7. The molecule has 0 bridgehead atoms. The van der Waals surface area contributed by atoms with Gasteiger partial charge in [0.15, 0.2) is 0 Å². The highest BCUT2D eigenvalue weighted by atomic mass is 79.9. The van der Waals surface area contributed by atoms with Gasteiger partial charge >= 0.3 is 5.97 Å². The summed E-state index contributed by atoms with van der Waals surface area (Å²) >= 11 is 3.29. The number of rotatable bonds is 6. The van der Waals surface area contributed by atoms with Gasteiger partial charge in [-0.05, 0) is 36.1 Å². The summed E-state index contributed by atoms with van der Waals surface area (Å²) in [6.07, 6.45) is 0.452. The number of hydrogen-bond donors (Lipinski definition) is 2. The third kappa shape index (κ3) is 4.92. The van der Waals surface area contributed by atoms with Crippen LogP contribution in [0.3, 0.4) is 0 Å². The number of aliphatic carboxylic acids is 1. The monoisotopic (exact) mass is 345 g/mol. The molecule has 0 spiro atoms. The maximum absolute atomic E-state index is 13.1. The highest BCUT2D eigenvalue weighted by Gasteiger charge is 2.23. The number of hydrogen-bond acceptors (Lipinski definition) is 2. The Hall–Kier alpha value is -1.43. The lowest BCUT2D eigenvalue weighted by Gasteiger charge is -2.17. The first kappa shape index (κ1) is 16.6.